The average Bonchev–Trinajstić information content (AvgIpc) is 2.98. The quantitative estimate of drug-likeness (QED) is 0.502. The molecule has 4 aliphatic carbocycles. The number of nitrogens with two attached hydrogens (primary N) is 1. The fourth-order valence-electron chi connectivity index (χ4n) is 7.53. The minimum absolute atomic E-state index is 0.0149. The molecule has 0 aromatic carbocycles. The van der Waals surface area contributed by atoms with E-state index in [1.165, 1.54) is 0 Å². The summed E-state index contributed by atoms with van der Waals surface area (Å²) in [6.07, 6.45) is 5.61. The van der Waals surface area contributed by atoms with Gasteiger partial charge in [-0.1, -0.05) is 19.0 Å². The summed E-state index contributed by atoms with van der Waals surface area (Å²) in [4.78, 5) is 17.9. The molecule has 8 atom stereocenters. The van der Waals surface area contributed by atoms with Crippen LogP contribution in [0.1, 0.15) is 58.8 Å². The number of ketones is 1. The Morgan fingerprint density at radius 1 is 1.18 bits per heavy atom. The molecular formula is C22H36N2O4. The SMILES string of the molecule is CC12CCC3C(C1CCC2=O)[C@H](O)[C@H](CO)C1C/C(=N/OCCN)CCC31C. The second-order valence-electron chi connectivity index (χ2n) is 10.1. The second kappa shape index (κ2) is 7.37. The monoisotopic (exact) mass is 392 g/mol. The van der Waals surface area contributed by atoms with Gasteiger partial charge in [-0.15, -0.1) is 0 Å². The molecule has 28 heavy (non-hydrogen) atoms. The van der Waals surface area contributed by atoms with Crippen molar-refractivity contribution in [1.82, 2.24) is 0 Å². The lowest BCUT2D eigenvalue weighted by Gasteiger charge is -2.63. The summed E-state index contributed by atoms with van der Waals surface area (Å²) in [6, 6.07) is 0. The normalized spacial score (nSPS) is 49.5. The summed E-state index contributed by atoms with van der Waals surface area (Å²) in [5.74, 6) is 1.20. The molecule has 0 radical (unpaired) electrons. The molecule has 0 saturated heterocycles. The first-order valence-electron chi connectivity index (χ1n) is 11.1. The largest absolute Gasteiger partial charge is 0.396 e. The van der Waals surface area contributed by atoms with E-state index in [0.717, 1.165) is 44.2 Å². The summed E-state index contributed by atoms with van der Waals surface area (Å²) in [5.41, 5.74) is 6.30. The van der Waals surface area contributed by atoms with Crippen LogP contribution in [0.3, 0.4) is 0 Å². The zero-order valence-electron chi connectivity index (χ0n) is 17.3. The molecule has 0 amide bonds. The smallest absolute Gasteiger partial charge is 0.139 e. The zero-order chi connectivity index (χ0) is 20.1. The molecule has 4 rings (SSSR count). The molecule has 4 aliphatic rings. The standard InChI is InChI=1S/C22H36N2O4/c1-21-7-5-13(24-28-10-9-23)11-17(21)14(12-25)20(27)19-15-3-4-18(26)22(15,2)8-6-16(19)21/h14-17,19-20,25,27H,3-12,23H2,1-2H3/b24-13+/t14-,15?,16?,17?,19?,20-,21?,22?/m1/s1. The predicted molar refractivity (Wildman–Crippen MR) is 107 cm³/mol. The lowest BCUT2D eigenvalue weighted by Crippen LogP contribution is -2.62. The Bertz CT molecular complexity index is 652. The summed E-state index contributed by atoms with van der Waals surface area (Å²) in [5, 5.41) is 26.0. The number of hydrogen-bond donors (Lipinski definition) is 3. The second-order valence-corrected chi connectivity index (χ2v) is 10.1. The van der Waals surface area contributed by atoms with Crippen molar-refractivity contribution in [3.8, 4) is 0 Å². The van der Waals surface area contributed by atoms with Gasteiger partial charge in [-0.25, -0.2) is 0 Å². The lowest BCUT2D eigenvalue weighted by atomic mass is 9.42. The maximum absolute atomic E-state index is 12.6. The zero-order valence-corrected chi connectivity index (χ0v) is 17.3. The van der Waals surface area contributed by atoms with Gasteiger partial charge in [-0.3, -0.25) is 4.79 Å². The summed E-state index contributed by atoms with van der Waals surface area (Å²) in [7, 11) is 0. The number of hydrogen-bond acceptors (Lipinski definition) is 6. The van der Waals surface area contributed by atoms with E-state index >= 15 is 0 Å². The van der Waals surface area contributed by atoms with Crippen molar-refractivity contribution in [2.75, 3.05) is 19.8 Å². The van der Waals surface area contributed by atoms with Crippen LogP contribution < -0.4 is 5.73 Å². The molecule has 158 valence electrons. The number of rotatable bonds is 4. The summed E-state index contributed by atoms with van der Waals surface area (Å²) >= 11 is 0. The number of aliphatic hydroxyl groups is 2. The Morgan fingerprint density at radius 2 is 1.96 bits per heavy atom. The molecular weight excluding hydrogens is 356 g/mol. The van der Waals surface area contributed by atoms with Crippen LogP contribution in [-0.4, -0.2) is 47.6 Å². The molecule has 6 nitrogen and oxygen atoms in total. The van der Waals surface area contributed by atoms with E-state index in [1.54, 1.807) is 0 Å². The van der Waals surface area contributed by atoms with Gasteiger partial charge in [-0.05, 0) is 67.6 Å². The number of Topliss-reactive ketones (excluding diaryl/α,β-unsaturated/α-hetero) is 1. The molecule has 0 aromatic heterocycles. The number of carbonyl (C=O) groups excluding carboxylic acids is 1. The lowest BCUT2D eigenvalue weighted by molar-refractivity contribution is -0.188. The van der Waals surface area contributed by atoms with Crippen molar-refractivity contribution in [2.45, 2.75) is 64.9 Å². The van der Waals surface area contributed by atoms with E-state index in [2.05, 4.69) is 19.0 Å². The Labute approximate surface area is 167 Å². The molecule has 0 spiro atoms. The number of aliphatic hydroxyl groups excluding tert-OH is 2. The Hall–Kier alpha value is -0.980. The fourth-order valence-corrected chi connectivity index (χ4v) is 7.53. The molecule has 0 bridgehead atoms. The van der Waals surface area contributed by atoms with E-state index in [0.29, 0.717) is 31.3 Å². The van der Waals surface area contributed by atoms with E-state index in [-0.39, 0.29) is 41.1 Å². The summed E-state index contributed by atoms with van der Waals surface area (Å²) < 4.78 is 0. The van der Waals surface area contributed by atoms with Gasteiger partial charge in [0.15, 0.2) is 0 Å². The number of carbonyl (C=O) groups is 1. The Kier molecular flexibility index (Phi) is 5.34. The highest BCUT2D eigenvalue weighted by Gasteiger charge is 2.64. The van der Waals surface area contributed by atoms with E-state index in [1.807, 2.05) is 0 Å². The van der Waals surface area contributed by atoms with Gasteiger partial charge < -0.3 is 20.8 Å². The van der Waals surface area contributed by atoms with Crippen LogP contribution >= 0.6 is 0 Å². The molecule has 4 N–H and O–H groups in total. The first kappa shape index (κ1) is 20.3. The van der Waals surface area contributed by atoms with E-state index < -0.39 is 6.10 Å². The van der Waals surface area contributed by atoms with Gasteiger partial charge in [0.25, 0.3) is 0 Å². The van der Waals surface area contributed by atoms with Crippen molar-refractivity contribution >= 4 is 11.5 Å². The number of nitrogens with zero attached hydrogens (tertiary/aromatic N) is 1. The van der Waals surface area contributed by atoms with Crippen LogP contribution in [0.4, 0.5) is 0 Å². The van der Waals surface area contributed by atoms with Crippen LogP contribution in [0, 0.1) is 40.4 Å². The van der Waals surface area contributed by atoms with Crippen molar-refractivity contribution in [3.63, 3.8) is 0 Å². The molecule has 0 aromatic rings. The minimum Gasteiger partial charge on any atom is -0.396 e. The van der Waals surface area contributed by atoms with Crippen LogP contribution in [0.15, 0.2) is 5.16 Å². The third kappa shape index (κ3) is 2.86. The molecule has 4 saturated carbocycles. The predicted octanol–water partition coefficient (Wildman–Crippen LogP) is 2.12. The van der Waals surface area contributed by atoms with Crippen molar-refractivity contribution < 1.29 is 19.8 Å². The average molecular weight is 393 g/mol. The van der Waals surface area contributed by atoms with Gasteiger partial charge in [0.2, 0.25) is 0 Å². The van der Waals surface area contributed by atoms with Crippen molar-refractivity contribution in [3.05, 3.63) is 0 Å². The number of fused-ring (bicyclic) bond motifs is 5. The summed E-state index contributed by atoms with van der Waals surface area (Å²) in [6.45, 7) is 5.33. The first-order valence-corrected chi connectivity index (χ1v) is 11.1. The van der Waals surface area contributed by atoms with Crippen molar-refractivity contribution in [1.29, 1.82) is 0 Å². The first-order chi connectivity index (χ1) is 13.4. The molecule has 4 fully saturated rings. The minimum atomic E-state index is -0.548. The molecule has 0 heterocycles. The van der Waals surface area contributed by atoms with E-state index in [4.69, 9.17) is 10.6 Å². The van der Waals surface area contributed by atoms with Crippen LogP contribution in [0.25, 0.3) is 0 Å². The topological polar surface area (TPSA) is 105 Å². The van der Waals surface area contributed by atoms with E-state index in [9.17, 15) is 15.0 Å². The maximum atomic E-state index is 12.6. The Morgan fingerprint density at radius 3 is 2.68 bits per heavy atom. The van der Waals surface area contributed by atoms with Crippen LogP contribution in [0.2, 0.25) is 0 Å². The van der Waals surface area contributed by atoms with Gasteiger partial charge in [0.05, 0.1) is 11.8 Å². The Balaban J connectivity index is 1.64. The van der Waals surface area contributed by atoms with Gasteiger partial charge in [0, 0.05) is 30.9 Å². The fraction of sp³-hybridized carbons (Fsp3) is 0.909. The number of oxime groups is 1. The highest BCUT2D eigenvalue weighted by Crippen LogP contribution is 2.66. The van der Waals surface area contributed by atoms with Gasteiger partial charge >= 0.3 is 0 Å². The molecule has 6 heteroatoms. The highest BCUT2D eigenvalue weighted by molar-refractivity contribution is 5.87. The molecule has 0 aliphatic heterocycles. The maximum Gasteiger partial charge on any atom is 0.139 e. The highest BCUT2D eigenvalue weighted by atomic mass is 16.6. The van der Waals surface area contributed by atoms with Crippen LogP contribution in [0.5, 0.6) is 0 Å². The van der Waals surface area contributed by atoms with Crippen molar-refractivity contribution in [2.24, 2.45) is 51.3 Å². The third-order valence-corrected chi connectivity index (χ3v) is 9.11. The third-order valence-electron chi connectivity index (χ3n) is 9.11. The van der Waals surface area contributed by atoms with Gasteiger partial charge in [0.1, 0.15) is 12.4 Å². The van der Waals surface area contributed by atoms with Gasteiger partial charge in [-0.2, -0.15) is 0 Å². The molecule has 6 unspecified atom stereocenters. The van der Waals surface area contributed by atoms with Crippen LogP contribution in [-0.2, 0) is 9.63 Å².